The van der Waals surface area contributed by atoms with Crippen molar-refractivity contribution < 1.29 is 9.53 Å². The first-order valence-corrected chi connectivity index (χ1v) is 7.57. The third-order valence-electron chi connectivity index (χ3n) is 4.24. The zero-order chi connectivity index (χ0) is 15.0. The molecule has 1 aromatic heterocycles. The number of carbonyl (C=O) groups excluding carboxylic acids is 1. The van der Waals surface area contributed by atoms with Gasteiger partial charge in [-0.3, -0.25) is 4.79 Å². The second kappa shape index (κ2) is 5.77. The highest BCUT2D eigenvalue weighted by molar-refractivity contribution is 6.30. The van der Waals surface area contributed by atoms with Crippen LogP contribution >= 0.6 is 11.6 Å². The Morgan fingerprint density at radius 2 is 2.24 bits per heavy atom. The van der Waals surface area contributed by atoms with E-state index in [4.69, 9.17) is 16.3 Å². The third kappa shape index (κ3) is 2.82. The Kier molecular flexibility index (Phi) is 3.99. The minimum Gasteiger partial charge on any atom is -0.374 e. The molecule has 2 fully saturated rings. The van der Waals surface area contributed by atoms with Crippen molar-refractivity contribution in [3.8, 4) is 0 Å². The fourth-order valence-electron chi connectivity index (χ4n) is 3.04. The van der Waals surface area contributed by atoms with Crippen molar-refractivity contribution in [2.75, 3.05) is 31.1 Å². The highest BCUT2D eigenvalue weighted by atomic mass is 35.5. The molecule has 0 aromatic carbocycles. The summed E-state index contributed by atoms with van der Waals surface area (Å²) in [5.41, 5.74) is 0.906. The number of nitrogens with zero attached hydrogens (tertiary/aromatic N) is 4. The molecule has 1 amide bonds. The Hall–Kier alpha value is -1.40. The van der Waals surface area contributed by atoms with Crippen molar-refractivity contribution >= 4 is 23.3 Å². The first-order chi connectivity index (χ1) is 10.1. The number of anilines is 1. The summed E-state index contributed by atoms with van der Waals surface area (Å²) in [6.07, 6.45) is 1.01. The fraction of sp³-hybridized carbons (Fsp3) is 0.643. The smallest absolute Gasteiger partial charge is 0.219 e. The van der Waals surface area contributed by atoms with Crippen LogP contribution in [0.3, 0.4) is 0 Å². The molecule has 2 saturated heterocycles. The molecule has 3 rings (SSSR count). The summed E-state index contributed by atoms with van der Waals surface area (Å²) >= 11 is 5.95. The monoisotopic (exact) mass is 310 g/mol. The quantitative estimate of drug-likeness (QED) is 0.781. The van der Waals surface area contributed by atoms with Crippen LogP contribution in [-0.2, 0) is 9.53 Å². The summed E-state index contributed by atoms with van der Waals surface area (Å²) in [5.74, 6) is 0.915. The number of aryl methyl sites for hydroxylation is 1. The van der Waals surface area contributed by atoms with Crippen LogP contribution in [-0.4, -0.2) is 59.4 Å². The largest absolute Gasteiger partial charge is 0.374 e. The van der Waals surface area contributed by atoms with E-state index in [2.05, 4.69) is 15.1 Å². The summed E-state index contributed by atoms with van der Waals surface area (Å²) in [4.78, 5) is 15.7. The minimum absolute atomic E-state index is 0.109. The average Bonchev–Trinajstić information content (AvgIpc) is 2.49. The number of hydrogen-bond donors (Lipinski definition) is 0. The van der Waals surface area contributed by atoms with Crippen molar-refractivity contribution in [1.82, 2.24) is 15.1 Å². The van der Waals surface area contributed by atoms with E-state index in [1.807, 2.05) is 17.9 Å². The molecule has 2 aliphatic rings. The summed E-state index contributed by atoms with van der Waals surface area (Å²) in [6, 6.07) is 2.08. The zero-order valence-electron chi connectivity index (χ0n) is 12.3. The number of morpholine rings is 1. The maximum Gasteiger partial charge on any atom is 0.219 e. The fourth-order valence-corrected chi connectivity index (χ4v) is 3.13. The van der Waals surface area contributed by atoms with Crippen LogP contribution in [0.1, 0.15) is 18.9 Å². The van der Waals surface area contributed by atoms with Gasteiger partial charge >= 0.3 is 0 Å². The van der Waals surface area contributed by atoms with Gasteiger partial charge in [0, 0.05) is 26.6 Å². The van der Waals surface area contributed by atoms with E-state index in [0.29, 0.717) is 18.3 Å². The lowest BCUT2D eigenvalue weighted by molar-refractivity contribution is -0.132. The van der Waals surface area contributed by atoms with Gasteiger partial charge in [-0.15, -0.1) is 10.2 Å². The molecule has 21 heavy (non-hydrogen) atoms. The van der Waals surface area contributed by atoms with Crippen LogP contribution in [0.5, 0.6) is 0 Å². The standard InChI is InChI=1S/C14H19ClN4O2/c1-9-7-13(16-17-14(9)15)19-5-6-21-12-3-4-18(10(2)20)8-11(12)19/h7,11-12H,3-6,8H2,1-2H3/t11-,12+/m0/s1. The molecule has 0 bridgehead atoms. The lowest BCUT2D eigenvalue weighted by atomic mass is 9.98. The van der Waals surface area contributed by atoms with Crippen molar-refractivity contribution in [2.45, 2.75) is 32.4 Å². The molecule has 7 heteroatoms. The van der Waals surface area contributed by atoms with E-state index in [0.717, 1.165) is 30.9 Å². The molecular formula is C14H19ClN4O2. The number of carbonyl (C=O) groups is 1. The van der Waals surface area contributed by atoms with Gasteiger partial charge < -0.3 is 14.5 Å². The van der Waals surface area contributed by atoms with Crippen LogP contribution in [0.15, 0.2) is 6.07 Å². The predicted molar refractivity (Wildman–Crippen MR) is 79.5 cm³/mol. The summed E-state index contributed by atoms with van der Waals surface area (Å²) < 4.78 is 5.86. The maximum absolute atomic E-state index is 11.6. The number of rotatable bonds is 1. The molecule has 3 heterocycles. The zero-order valence-corrected chi connectivity index (χ0v) is 13.0. The summed E-state index contributed by atoms with van der Waals surface area (Å²) in [5, 5.41) is 8.64. The molecule has 2 atom stereocenters. The second-order valence-corrected chi connectivity index (χ2v) is 5.96. The Balaban J connectivity index is 1.86. The van der Waals surface area contributed by atoms with Gasteiger partial charge in [0.25, 0.3) is 0 Å². The molecule has 0 saturated carbocycles. The lowest BCUT2D eigenvalue weighted by Crippen LogP contribution is -2.61. The number of ether oxygens (including phenoxy) is 1. The van der Waals surface area contributed by atoms with E-state index < -0.39 is 0 Å². The molecule has 6 nitrogen and oxygen atoms in total. The van der Waals surface area contributed by atoms with Gasteiger partial charge in [-0.2, -0.15) is 0 Å². The number of hydrogen-bond acceptors (Lipinski definition) is 5. The Morgan fingerprint density at radius 1 is 1.43 bits per heavy atom. The van der Waals surface area contributed by atoms with Gasteiger partial charge in [0.1, 0.15) is 0 Å². The van der Waals surface area contributed by atoms with Crippen LogP contribution in [0.4, 0.5) is 5.82 Å². The number of likely N-dealkylation sites (tertiary alicyclic amines) is 1. The van der Waals surface area contributed by atoms with E-state index in [-0.39, 0.29) is 18.1 Å². The van der Waals surface area contributed by atoms with Crippen LogP contribution in [0.25, 0.3) is 0 Å². The first kappa shape index (κ1) is 14.5. The maximum atomic E-state index is 11.6. The van der Waals surface area contributed by atoms with Crippen LogP contribution in [0, 0.1) is 6.92 Å². The molecular weight excluding hydrogens is 292 g/mol. The summed E-state index contributed by atoms with van der Waals surface area (Å²) in [6.45, 7) is 6.38. The molecule has 0 N–H and O–H groups in total. The lowest BCUT2D eigenvalue weighted by Gasteiger charge is -2.47. The van der Waals surface area contributed by atoms with Crippen molar-refractivity contribution in [3.05, 3.63) is 16.8 Å². The SMILES string of the molecule is CC(=O)N1CC[C@H]2OCCN(c3cc(C)c(Cl)nn3)[C@H]2C1. The van der Waals surface area contributed by atoms with Gasteiger partial charge in [-0.25, -0.2) is 0 Å². The topological polar surface area (TPSA) is 58.6 Å². The van der Waals surface area contributed by atoms with E-state index in [9.17, 15) is 4.79 Å². The van der Waals surface area contributed by atoms with Crippen LogP contribution in [0.2, 0.25) is 5.15 Å². The summed E-state index contributed by atoms with van der Waals surface area (Å²) in [7, 11) is 0. The third-order valence-corrected chi connectivity index (χ3v) is 4.61. The van der Waals surface area contributed by atoms with Gasteiger partial charge in [0.15, 0.2) is 11.0 Å². The molecule has 114 valence electrons. The van der Waals surface area contributed by atoms with Gasteiger partial charge in [-0.05, 0) is 25.0 Å². The average molecular weight is 311 g/mol. The van der Waals surface area contributed by atoms with Crippen molar-refractivity contribution in [1.29, 1.82) is 0 Å². The van der Waals surface area contributed by atoms with Crippen molar-refractivity contribution in [3.63, 3.8) is 0 Å². The Labute approximate surface area is 129 Å². The molecule has 0 aliphatic carbocycles. The molecule has 0 spiro atoms. The van der Waals surface area contributed by atoms with Gasteiger partial charge in [0.05, 0.1) is 18.8 Å². The van der Waals surface area contributed by atoms with Crippen molar-refractivity contribution in [2.24, 2.45) is 0 Å². The van der Waals surface area contributed by atoms with Gasteiger partial charge in [0.2, 0.25) is 5.91 Å². The second-order valence-electron chi connectivity index (χ2n) is 5.60. The minimum atomic E-state index is 0.109. The molecule has 0 unspecified atom stereocenters. The number of halogens is 1. The number of piperidine rings is 1. The van der Waals surface area contributed by atoms with E-state index >= 15 is 0 Å². The highest BCUT2D eigenvalue weighted by Crippen LogP contribution is 2.28. The van der Waals surface area contributed by atoms with Crippen LogP contribution < -0.4 is 4.90 Å². The number of fused-ring (bicyclic) bond motifs is 1. The number of aromatic nitrogens is 2. The predicted octanol–water partition coefficient (Wildman–Crippen LogP) is 1.26. The van der Waals surface area contributed by atoms with E-state index in [1.54, 1.807) is 6.92 Å². The molecule has 0 radical (unpaired) electrons. The first-order valence-electron chi connectivity index (χ1n) is 7.20. The van der Waals surface area contributed by atoms with E-state index in [1.165, 1.54) is 0 Å². The molecule has 2 aliphatic heterocycles. The normalized spacial score (nSPS) is 25.7. The molecule has 1 aromatic rings. The Morgan fingerprint density at radius 3 is 2.95 bits per heavy atom. The number of amides is 1. The highest BCUT2D eigenvalue weighted by Gasteiger charge is 2.38. The Bertz CT molecular complexity index is 554. The van der Waals surface area contributed by atoms with Gasteiger partial charge in [-0.1, -0.05) is 11.6 Å².